The highest BCUT2D eigenvalue weighted by atomic mass is 16.6. The highest BCUT2D eigenvalue weighted by molar-refractivity contribution is 5.83. The van der Waals surface area contributed by atoms with Crippen molar-refractivity contribution in [2.45, 2.75) is 71.6 Å². The molecule has 0 aliphatic heterocycles. The van der Waals surface area contributed by atoms with Crippen LogP contribution in [0.25, 0.3) is 6.08 Å². The molecule has 7 heteroatoms. The van der Waals surface area contributed by atoms with Crippen LogP contribution >= 0.6 is 0 Å². The molecule has 0 spiro atoms. The lowest BCUT2D eigenvalue weighted by atomic mass is 9.95. The first-order chi connectivity index (χ1) is 14.3. The van der Waals surface area contributed by atoms with E-state index in [4.69, 9.17) is 14.2 Å². The molecule has 0 saturated heterocycles. The first kappa shape index (κ1) is 26.2. The number of allylic oxidation sites excluding steroid dienone is 1. The number of rotatable bonds is 8. The molecule has 0 radical (unpaired) electrons. The molecule has 7 nitrogen and oxygen atoms in total. The summed E-state index contributed by atoms with van der Waals surface area (Å²) in [5.41, 5.74) is -0.497. The smallest absolute Gasteiger partial charge is 0.408 e. The van der Waals surface area contributed by atoms with Gasteiger partial charge in [-0.2, -0.15) is 0 Å². The minimum atomic E-state index is -1.07. The SMILES string of the molecule is COC(=O)[C@@H](C/C=C/c1ccccc1)C[C@H](NC(=O)OC(C)(C)C)C(=O)OC(C)(C)C. The fourth-order valence-electron chi connectivity index (χ4n) is 2.71. The maximum atomic E-state index is 12.7. The Kier molecular flexibility index (Phi) is 9.75. The van der Waals surface area contributed by atoms with Crippen LogP contribution in [0, 0.1) is 5.92 Å². The second kappa shape index (κ2) is 11.5. The molecule has 1 amide bonds. The minimum Gasteiger partial charge on any atom is -0.469 e. The quantitative estimate of drug-likeness (QED) is 0.479. The van der Waals surface area contributed by atoms with Crippen molar-refractivity contribution >= 4 is 24.1 Å². The van der Waals surface area contributed by atoms with E-state index in [1.807, 2.05) is 42.5 Å². The van der Waals surface area contributed by atoms with Gasteiger partial charge in [0.1, 0.15) is 17.2 Å². The standard InChI is InChI=1S/C24H35NO6/c1-23(2,3)30-21(27)19(25-22(28)31-24(4,5)6)16-18(20(26)29-7)15-11-14-17-12-9-8-10-13-17/h8-14,18-19H,15-16H2,1-7H3,(H,25,28)/b14-11+/t18-,19-/m0/s1. The Morgan fingerprint density at radius 3 is 2.03 bits per heavy atom. The van der Waals surface area contributed by atoms with Crippen LogP contribution in [-0.2, 0) is 23.8 Å². The molecule has 0 fully saturated rings. The number of carbonyl (C=O) groups is 3. The fraction of sp³-hybridized carbons (Fsp3) is 0.542. The van der Waals surface area contributed by atoms with E-state index in [1.165, 1.54) is 7.11 Å². The van der Waals surface area contributed by atoms with Crippen LogP contribution in [-0.4, -0.2) is 42.4 Å². The first-order valence-electron chi connectivity index (χ1n) is 10.3. The van der Waals surface area contributed by atoms with Gasteiger partial charge in [-0.1, -0.05) is 42.5 Å². The van der Waals surface area contributed by atoms with Crippen molar-refractivity contribution in [1.82, 2.24) is 5.32 Å². The van der Waals surface area contributed by atoms with E-state index in [0.29, 0.717) is 6.42 Å². The average Bonchev–Trinajstić information content (AvgIpc) is 2.63. The molecule has 1 aromatic carbocycles. The molecule has 0 aromatic heterocycles. The van der Waals surface area contributed by atoms with E-state index >= 15 is 0 Å². The molecular weight excluding hydrogens is 398 g/mol. The summed E-state index contributed by atoms with van der Waals surface area (Å²) in [6, 6.07) is 8.57. The molecule has 0 aliphatic carbocycles. The number of hydrogen-bond donors (Lipinski definition) is 1. The van der Waals surface area contributed by atoms with Crippen molar-refractivity contribution in [2.24, 2.45) is 5.92 Å². The molecule has 0 unspecified atom stereocenters. The third kappa shape index (κ3) is 11.2. The predicted octanol–water partition coefficient (Wildman–Crippen LogP) is 4.50. The summed E-state index contributed by atoms with van der Waals surface area (Å²) in [4.78, 5) is 37.4. The third-order valence-electron chi connectivity index (χ3n) is 3.97. The van der Waals surface area contributed by atoms with E-state index in [9.17, 15) is 14.4 Å². The second-order valence-corrected chi connectivity index (χ2v) is 9.24. The van der Waals surface area contributed by atoms with Crippen LogP contribution < -0.4 is 5.32 Å². The first-order valence-corrected chi connectivity index (χ1v) is 10.3. The number of amides is 1. The van der Waals surface area contributed by atoms with Gasteiger partial charge >= 0.3 is 18.0 Å². The Morgan fingerprint density at radius 1 is 0.935 bits per heavy atom. The molecule has 1 N–H and O–H groups in total. The minimum absolute atomic E-state index is 0.0138. The fourth-order valence-corrected chi connectivity index (χ4v) is 2.71. The summed E-state index contributed by atoms with van der Waals surface area (Å²) in [6.07, 6.45) is 3.32. The molecule has 1 aromatic rings. The van der Waals surface area contributed by atoms with Crippen molar-refractivity contribution < 1.29 is 28.6 Å². The van der Waals surface area contributed by atoms with Gasteiger partial charge in [-0.3, -0.25) is 4.79 Å². The Morgan fingerprint density at radius 2 is 1.52 bits per heavy atom. The zero-order valence-corrected chi connectivity index (χ0v) is 19.6. The van der Waals surface area contributed by atoms with Gasteiger partial charge in [-0.25, -0.2) is 9.59 Å². The monoisotopic (exact) mass is 433 g/mol. The number of methoxy groups -OCH3 is 1. The number of carbonyl (C=O) groups excluding carboxylic acids is 3. The van der Waals surface area contributed by atoms with Crippen molar-refractivity contribution in [3.63, 3.8) is 0 Å². The van der Waals surface area contributed by atoms with E-state index < -0.39 is 41.2 Å². The van der Waals surface area contributed by atoms with Crippen molar-refractivity contribution in [2.75, 3.05) is 7.11 Å². The van der Waals surface area contributed by atoms with Gasteiger partial charge in [-0.05, 0) is 59.9 Å². The van der Waals surface area contributed by atoms with Gasteiger partial charge in [-0.15, -0.1) is 0 Å². The average molecular weight is 434 g/mol. The zero-order valence-electron chi connectivity index (χ0n) is 19.6. The van der Waals surface area contributed by atoms with Crippen LogP contribution in [0.1, 0.15) is 59.9 Å². The lowest BCUT2D eigenvalue weighted by Gasteiger charge is -2.27. The van der Waals surface area contributed by atoms with Crippen LogP contribution in [0.2, 0.25) is 0 Å². The van der Waals surface area contributed by atoms with Crippen molar-refractivity contribution in [3.05, 3.63) is 42.0 Å². The maximum absolute atomic E-state index is 12.7. The Hall–Kier alpha value is -2.83. The summed E-state index contributed by atoms with van der Waals surface area (Å²) >= 11 is 0. The molecule has 2 atom stereocenters. The van der Waals surface area contributed by atoms with E-state index in [2.05, 4.69) is 5.32 Å². The topological polar surface area (TPSA) is 90.9 Å². The zero-order chi connectivity index (χ0) is 23.7. The summed E-state index contributed by atoms with van der Waals surface area (Å²) in [5, 5.41) is 2.55. The van der Waals surface area contributed by atoms with E-state index in [1.54, 1.807) is 41.5 Å². The second-order valence-electron chi connectivity index (χ2n) is 9.24. The summed E-state index contributed by atoms with van der Waals surface area (Å²) in [5.74, 6) is -1.77. The number of benzene rings is 1. The van der Waals surface area contributed by atoms with Gasteiger partial charge in [0, 0.05) is 0 Å². The largest absolute Gasteiger partial charge is 0.469 e. The molecule has 1 rings (SSSR count). The number of hydrogen-bond acceptors (Lipinski definition) is 6. The highest BCUT2D eigenvalue weighted by Crippen LogP contribution is 2.19. The number of alkyl carbamates (subject to hydrolysis) is 1. The summed E-state index contributed by atoms with van der Waals surface area (Å²) in [6.45, 7) is 10.4. The normalized spacial score (nSPS) is 13.9. The Bertz CT molecular complexity index is 759. The summed E-state index contributed by atoms with van der Waals surface area (Å²) < 4.78 is 15.6. The van der Waals surface area contributed by atoms with Gasteiger partial charge in [0.25, 0.3) is 0 Å². The molecule has 0 saturated carbocycles. The van der Waals surface area contributed by atoms with E-state index in [-0.39, 0.29) is 6.42 Å². The van der Waals surface area contributed by atoms with Crippen molar-refractivity contribution in [3.8, 4) is 0 Å². The lowest BCUT2D eigenvalue weighted by Crippen LogP contribution is -2.47. The number of esters is 2. The molecule has 172 valence electrons. The molecule has 0 heterocycles. The van der Waals surface area contributed by atoms with Crippen LogP contribution in [0.15, 0.2) is 36.4 Å². The van der Waals surface area contributed by atoms with E-state index in [0.717, 1.165) is 5.56 Å². The van der Waals surface area contributed by atoms with Gasteiger partial charge in [0.05, 0.1) is 13.0 Å². The molecule has 0 aliphatic rings. The lowest BCUT2D eigenvalue weighted by molar-refractivity contribution is -0.158. The maximum Gasteiger partial charge on any atom is 0.408 e. The molecule has 31 heavy (non-hydrogen) atoms. The highest BCUT2D eigenvalue weighted by Gasteiger charge is 2.33. The molecular formula is C24H35NO6. The van der Waals surface area contributed by atoms with Crippen LogP contribution in [0.4, 0.5) is 4.79 Å². The predicted molar refractivity (Wildman–Crippen MR) is 119 cm³/mol. The number of ether oxygens (including phenoxy) is 3. The van der Waals surface area contributed by atoms with Crippen molar-refractivity contribution in [1.29, 1.82) is 0 Å². The van der Waals surface area contributed by atoms with Gasteiger partial charge in [0.15, 0.2) is 0 Å². The Labute approximate surface area is 185 Å². The molecule has 0 bridgehead atoms. The number of nitrogens with one attached hydrogen (secondary N) is 1. The third-order valence-corrected chi connectivity index (χ3v) is 3.97. The Balaban J connectivity index is 2.99. The van der Waals surface area contributed by atoms with Gasteiger partial charge in [0.2, 0.25) is 0 Å². The van der Waals surface area contributed by atoms with Crippen LogP contribution in [0.5, 0.6) is 0 Å². The van der Waals surface area contributed by atoms with Crippen LogP contribution in [0.3, 0.4) is 0 Å². The van der Waals surface area contributed by atoms with Gasteiger partial charge < -0.3 is 19.5 Å². The summed E-state index contributed by atoms with van der Waals surface area (Å²) in [7, 11) is 1.29.